The van der Waals surface area contributed by atoms with Crippen molar-refractivity contribution in [1.29, 1.82) is 0 Å². The molecular formula is C15H15ClN2O. The molecule has 0 unspecified atom stereocenters. The Morgan fingerprint density at radius 2 is 1.58 bits per heavy atom. The van der Waals surface area contributed by atoms with Gasteiger partial charge < -0.3 is 10.6 Å². The predicted molar refractivity (Wildman–Crippen MR) is 80.1 cm³/mol. The highest BCUT2D eigenvalue weighted by atomic mass is 35.5. The minimum absolute atomic E-state index is 0.0858. The number of hydrogen-bond acceptors (Lipinski definition) is 2. The summed E-state index contributed by atoms with van der Waals surface area (Å²) in [6.45, 7) is 0. The van der Waals surface area contributed by atoms with Gasteiger partial charge >= 0.3 is 0 Å². The monoisotopic (exact) mass is 274 g/mol. The minimum atomic E-state index is -0.0858. The average molecular weight is 275 g/mol. The molecule has 98 valence electrons. The largest absolute Gasteiger partial charge is 0.354 e. The van der Waals surface area contributed by atoms with Crippen LogP contribution in [0, 0.1) is 0 Å². The maximum absolute atomic E-state index is 11.6. The number of carbonyl (C=O) groups is 1. The zero-order chi connectivity index (χ0) is 13.5. The third-order valence-electron chi connectivity index (χ3n) is 2.58. The molecule has 0 aliphatic carbocycles. The molecular weight excluding hydrogens is 260 g/mol. The van der Waals surface area contributed by atoms with E-state index in [0.717, 1.165) is 17.1 Å². The topological polar surface area (TPSA) is 41.1 Å². The van der Waals surface area contributed by atoms with Crippen molar-refractivity contribution in [2.75, 3.05) is 16.5 Å². The Kier molecular flexibility index (Phi) is 4.81. The van der Waals surface area contributed by atoms with Crippen LogP contribution in [0.1, 0.15) is 6.42 Å². The van der Waals surface area contributed by atoms with E-state index in [1.165, 1.54) is 0 Å². The van der Waals surface area contributed by atoms with E-state index in [0.29, 0.717) is 12.3 Å². The third-order valence-corrected chi connectivity index (χ3v) is 2.76. The Morgan fingerprint density at radius 3 is 2.26 bits per heavy atom. The van der Waals surface area contributed by atoms with Crippen LogP contribution in [-0.2, 0) is 4.79 Å². The fraction of sp³-hybridized carbons (Fsp3) is 0.133. The summed E-state index contributed by atoms with van der Waals surface area (Å²) in [4.78, 5) is 11.6. The molecule has 0 saturated heterocycles. The number of benzene rings is 2. The summed E-state index contributed by atoms with van der Waals surface area (Å²) in [6, 6.07) is 17.4. The Hall–Kier alpha value is -2.00. The number of rotatable bonds is 5. The van der Waals surface area contributed by atoms with Gasteiger partial charge in [-0.05, 0) is 24.3 Å². The lowest BCUT2D eigenvalue weighted by molar-refractivity contribution is -0.115. The van der Waals surface area contributed by atoms with Crippen LogP contribution in [0.5, 0.6) is 0 Å². The molecule has 0 bridgehead atoms. The van der Waals surface area contributed by atoms with E-state index in [-0.39, 0.29) is 5.91 Å². The van der Waals surface area contributed by atoms with E-state index >= 15 is 0 Å². The van der Waals surface area contributed by atoms with E-state index < -0.39 is 0 Å². The number of anilines is 3. The molecule has 4 heteroatoms. The molecule has 0 aliphatic rings. The highest BCUT2D eigenvalue weighted by molar-refractivity contribution is 6.19. The maximum Gasteiger partial charge on any atom is 0.225 e. The second-order valence-electron chi connectivity index (χ2n) is 4.02. The van der Waals surface area contributed by atoms with Crippen molar-refractivity contribution in [3.05, 3.63) is 54.6 Å². The van der Waals surface area contributed by atoms with Gasteiger partial charge in [-0.3, -0.25) is 4.79 Å². The highest BCUT2D eigenvalue weighted by Crippen LogP contribution is 2.25. The molecule has 2 rings (SSSR count). The fourth-order valence-electron chi connectivity index (χ4n) is 1.68. The first-order valence-corrected chi connectivity index (χ1v) is 6.60. The summed E-state index contributed by atoms with van der Waals surface area (Å²) in [7, 11) is 0. The molecule has 0 fully saturated rings. The molecule has 0 radical (unpaired) electrons. The summed E-state index contributed by atoms with van der Waals surface area (Å²) < 4.78 is 0. The van der Waals surface area contributed by atoms with E-state index in [1.807, 2.05) is 54.6 Å². The number of carbonyl (C=O) groups excluding carboxylic acids is 1. The quantitative estimate of drug-likeness (QED) is 0.809. The molecule has 2 aromatic carbocycles. The fourth-order valence-corrected chi connectivity index (χ4v) is 1.85. The predicted octanol–water partition coefficient (Wildman–Crippen LogP) is 4.00. The number of alkyl halides is 1. The van der Waals surface area contributed by atoms with Crippen molar-refractivity contribution < 1.29 is 4.79 Å². The van der Waals surface area contributed by atoms with Gasteiger partial charge in [0.2, 0.25) is 5.91 Å². The van der Waals surface area contributed by atoms with E-state index in [2.05, 4.69) is 10.6 Å². The molecule has 3 nitrogen and oxygen atoms in total. The van der Waals surface area contributed by atoms with Gasteiger partial charge in [-0.25, -0.2) is 0 Å². The molecule has 2 aromatic rings. The van der Waals surface area contributed by atoms with Crippen LogP contribution in [0.2, 0.25) is 0 Å². The molecule has 0 spiro atoms. The molecule has 0 saturated carbocycles. The summed E-state index contributed by atoms with van der Waals surface area (Å²) in [5.41, 5.74) is 2.58. The van der Waals surface area contributed by atoms with Crippen molar-refractivity contribution in [2.45, 2.75) is 6.42 Å². The second-order valence-corrected chi connectivity index (χ2v) is 4.40. The standard InChI is InChI=1S/C15H15ClN2O/c16-11-10-15(19)18-14-9-5-4-8-13(14)17-12-6-2-1-3-7-12/h1-9,17H,10-11H2,(H,18,19). The van der Waals surface area contributed by atoms with E-state index in [4.69, 9.17) is 11.6 Å². The highest BCUT2D eigenvalue weighted by Gasteiger charge is 2.05. The number of amides is 1. The SMILES string of the molecule is O=C(CCCl)Nc1ccccc1Nc1ccccc1. The van der Waals surface area contributed by atoms with E-state index in [1.54, 1.807) is 0 Å². The Balaban J connectivity index is 2.14. The van der Waals surface area contributed by atoms with Crippen molar-refractivity contribution in [3.63, 3.8) is 0 Å². The first kappa shape index (κ1) is 13.4. The normalized spacial score (nSPS) is 9.95. The van der Waals surface area contributed by atoms with Gasteiger partial charge in [-0.15, -0.1) is 11.6 Å². The number of nitrogens with one attached hydrogen (secondary N) is 2. The Morgan fingerprint density at radius 1 is 0.947 bits per heavy atom. The summed E-state index contributed by atoms with van der Waals surface area (Å²) >= 11 is 5.56. The smallest absolute Gasteiger partial charge is 0.225 e. The van der Waals surface area contributed by atoms with Crippen LogP contribution in [0.3, 0.4) is 0 Å². The van der Waals surface area contributed by atoms with Gasteiger partial charge in [0.1, 0.15) is 0 Å². The number of hydrogen-bond donors (Lipinski definition) is 2. The minimum Gasteiger partial charge on any atom is -0.354 e. The van der Waals surface area contributed by atoms with E-state index in [9.17, 15) is 4.79 Å². The van der Waals surface area contributed by atoms with Gasteiger partial charge in [-0.1, -0.05) is 30.3 Å². The molecule has 0 atom stereocenters. The lowest BCUT2D eigenvalue weighted by atomic mass is 10.2. The lowest BCUT2D eigenvalue weighted by Crippen LogP contribution is -2.12. The summed E-state index contributed by atoms with van der Waals surface area (Å²) in [5, 5.41) is 6.12. The maximum atomic E-state index is 11.6. The Bertz CT molecular complexity index is 543. The summed E-state index contributed by atoms with van der Waals surface area (Å²) in [5.74, 6) is 0.234. The van der Waals surface area contributed by atoms with Gasteiger partial charge in [0.15, 0.2) is 0 Å². The Labute approximate surface area is 117 Å². The molecule has 2 N–H and O–H groups in total. The number of halogens is 1. The lowest BCUT2D eigenvalue weighted by Gasteiger charge is -2.12. The van der Waals surface area contributed by atoms with Crippen LogP contribution in [0.15, 0.2) is 54.6 Å². The van der Waals surface area contributed by atoms with Gasteiger partial charge in [0.25, 0.3) is 0 Å². The van der Waals surface area contributed by atoms with Crippen LogP contribution in [0.25, 0.3) is 0 Å². The molecule has 0 aliphatic heterocycles. The van der Waals surface area contributed by atoms with Crippen molar-refractivity contribution in [2.24, 2.45) is 0 Å². The van der Waals surface area contributed by atoms with Gasteiger partial charge in [0, 0.05) is 18.0 Å². The average Bonchev–Trinajstić information content (AvgIpc) is 2.42. The van der Waals surface area contributed by atoms with Gasteiger partial charge in [0.05, 0.1) is 11.4 Å². The van der Waals surface area contributed by atoms with Crippen molar-refractivity contribution in [3.8, 4) is 0 Å². The third kappa shape index (κ3) is 4.00. The van der Waals surface area contributed by atoms with Crippen LogP contribution in [-0.4, -0.2) is 11.8 Å². The molecule has 1 amide bonds. The van der Waals surface area contributed by atoms with Crippen LogP contribution in [0.4, 0.5) is 17.1 Å². The molecule has 19 heavy (non-hydrogen) atoms. The zero-order valence-electron chi connectivity index (χ0n) is 10.4. The van der Waals surface area contributed by atoms with Crippen molar-refractivity contribution >= 4 is 34.6 Å². The first-order chi connectivity index (χ1) is 9.29. The number of para-hydroxylation sites is 3. The van der Waals surface area contributed by atoms with Gasteiger partial charge in [-0.2, -0.15) is 0 Å². The first-order valence-electron chi connectivity index (χ1n) is 6.06. The molecule has 0 heterocycles. The van der Waals surface area contributed by atoms with Crippen molar-refractivity contribution in [1.82, 2.24) is 0 Å². The van der Waals surface area contributed by atoms with Crippen LogP contribution < -0.4 is 10.6 Å². The van der Waals surface area contributed by atoms with Crippen LogP contribution >= 0.6 is 11.6 Å². The summed E-state index contributed by atoms with van der Waals surface area (Å²) in [6.07, 6.45) is 0.307. The molecule has 0 aromatic heterocycles. The second kappa shape index (κ2) is 6.81. The zero-order valence-corrected chi connectivity index (χ0v) is 11.2.